The van der Waals surface area contributed by atoms with Gasteiger partial charge in [0.15, 0.2) is 6.61 Å². The highest BCUT2D eigenvalue weighted by Gasteiger charge is 2.26. The Morgan fingerprint density at radius 3 is 2.33 bits per heavy atom. The van der Waals surface area contributed by atoms with E-state index in [1.165, 1.54) is 12.1 Å². The average Bonchev–Trinajstić information content (AvgIpc) is 3.39. The van der Waals surface area contributed by atoms with Crippen LogP contribution in [-0.4, -0.2) is 46.5 Å². The van der Waals surface area contributed by atoms with E-state index in [4.69, 9.17) is 9.47 Å². The summed E-state index contributed by atoms with van der Waals surface area (Å²) in [5.74, 6) is 0.574. The van der Waals surface area contributed by atoms with Gasteiger partial charge in [-0.3, -0.25) is 9.59 Å². The number of nitrogens with one attached hydrogen (secondary N) is 2. The molecule has 1 aliphatic carbocycles. The normalized spacial score (nSPS) is 15.4. The molecule has 2 N–H and O–H groups in total. The second-order valence-electron chi connectivity index (χ2n) is 10.0. The zero-order chi connectivity index (χ0) is 28.1. The van der Waals surface area contributed by atoms with E-state index in [0.29, 0.717) is 29.3 Å². The van der Waals surface area contributed by atoms with Gasteiger partial charge >= 0.3 is 0 Å². The number of sulfonamides is 1. The Morgan fingerprint density at radius 2 is 1.62 bits per heavy atom. The van der Waals surface area contributed by atoms with Crippen molar-refractivity contribution in [2.45, 2.75) is 49.5 Å². The van der Waals surface area contributed by atoms with Crippen LogP contribution in [0.3, 0.4) is 0 Å². The zero-order valence-corrected chi connectivity index (χ0v) is 23.2. The maximum Gasteiger partial charge on any atom is 0.262 e. The molecular formula is C30H33N3O6S. The fourth-order valence-electron chi connectivity index (χ4n) is 5.13. The number of methoxy groups -OCH3 is 1. The number of ether oxygens (including phenoxy) is 2. The fourth-order valence-corrected chi connectivity index (χ4v) is 6.43. The molecule has 40 heavy (non-hydrogen) atoms. The lowest BCUT2D eigenvalue weighted by Gasteiger charge is -2.22. The molecule has 0 aromatic heterocycles. The van der Waals surface area contributed by atoms with E-state index in [1.807, 2.05) is 6.07 Å². The largest absolute Gasteiger partial charge is 0.497 e. The molecule has 1 saturated carbocycles. The molecule has 0 radical (unpaired) electrons. The molecule has 0 saturated heterocycles. The molecule has 0 bridgehead atoms. The van der Waals surface area contributed by atoms with Crippen molar-refractivity contribution in [2.24, 2.45) is 0 Å². The Hall–Kier alpha value is -3.89. The minimum atomic E-state index is -3.60. The van der Waals surface area contributed by atoms with Crippen LogP contribution < -0.4 is 24.4 Å². The first kappa shape index (κ1) is 27.7. The van der Waals surface area contributed by atoms with Crippen LogP contribution >= 0.6 is 0 Å². The predicted octanol–water partition coefficient (Wildman–Crippen LogP) is 4.53. The number of hydrogen-bond acceptors (Lipinski definition) is 6. The first-order valence-electron chi connectivity index (χ1n) is 13.5. The summed E-state index contributed by atoms with van der Waals surface area (Å²) in [4.78, 5) is 27.6. The molecule has 3 aromatic carbocycles. The minimum absolute atomic E-state index is 0.0229. The van der Waals surface area contributed by atoms with Gasteiger partial charge < -0.3 is 19.7 Å². The van der Waals surface area contributed by atoms with Gasteiger partial charge in [-0.05, 0) is 85.5 Å². The van der Waals surface area contributed by atoms with Crippen molar-refractivity contribution in [3.05, 3.63) is 77.9 Å². The van der Waals surface area contributed by atoms with Crippen LogP contribution in [0, 0.1) is 0 Å². The quantitative estimate of drug-likeness (QED) is 0.396. The third-order valence-corrected chi connectivity index (χ3v) is 8.81. The lowest BCUT2D eigenvalue weighted by Crippen LogP contribution is -2.36. The topological polar surface area (TPSA) is 114 Å². The van der Waals surface area contributed by atoms with E-state index < -0.39 is 10.0 Å². The van der Waals surface area contributed by atoms with E-state index in [1.54, 1.807) is 60.5 Å². The number of rotatable bonds is 9. The molecule has 0 unspecified atom stereocenters. The van der Waals surface area contributed by atoms with Gasteiger partial charge in [0, 0.05) is 29.5 Å². The van der Waals surface area contributed by atoms with Crippen molar-refractivity contribution in [3.63, 3.8) is 0 Å². The first-order valence-corrected chi connectivity index (χ1v) is 14.9. The average molecular weight is 564 g/mol. The smallest absolute Gasteiger partial charge is 0.262 e. The molecule has 0 spiro atoms. The van der Waals surface area contributed by atoms with Crippen LogP contribution in [0.1, 0.15) is 48.0 Å². The lowest BCUT2D eigenvalue weighted by molar-refractivity contribution is -0.118. The summed E-state index contributed by atoms with van der Waals surface area (Å²) in [6, 6.07) is 18.5. The van der Waals surface area contributed by atoms with Gasteiger partial charge in [-0.1, -0.05) is 25.3 Å². The van der Waals surface area contributed by atoms with Gasteiger partial charge in [0.05, 0.1) is 12.0 Å². The Bertz CT molecular complexity index is 1470. The second kappa shape index (κ2) is 12.1. The molecule has 2 aliphatic rings. The third-order valence-electron chi connectivity index (χ3n) is 7.28. The molecule has 210 valence electrons. The maximum absolute atomic E-state index is 13.1. The molecule has 2 amide bonds. The fraction of sp³-hybridized carbons (Fsp3) is 0.333. The van der Waals surface area contributed by atoms with Crippen LogP contribution in [0.5, 0.6) is 11.5 Å². The Balaban J connectivity index is 1.16. The highest BCUT2D eigenvalue weighted by Crippen LogP contribution is 2.32. The summed E-state index contributed by atoms with van der Waals surface area (Å²) in [6.07, 6.45) is 5.66. The number of fused-ring (bicyclic) bond motifs is 1. The Morgan fingerprint density at radius 1 is 0.925 bits per heavy atom. The zero-order valence-electron chi connectivity index (χ0n) is 22.4. The Labute approximate surface area is 234 Å². The summed E-state index contributed by atoms with van der Waals surface area (Å²) in [6.45, 7) is 0.306. The van der Waals surface area contributed by atoms with E-state index >= 15 is 0 Å². The second-order valence-corrected chi connectivity index (χ2v) is 11.8. The summed E-state index contributed by atoms with van der Waals surface area (Å²) in [5.41, 5.74) is 2.90. The molecule has 5 rings (SSSR count). The van der Waals surface area contributed by atoms with Gasteiger partial charge in [-0.15, -0.1) is 0 Å². The third kappa shape index (κ3) is 6.46. The van der Waals surface area contributed by atoms with Crippen molar-refractivity contribution in [1.82, 2.24) is 4.72 Å². The molecule has 3 aromatic rings. The number of benzene rings is 3. The first-order chi connectivity index (χ1) is 19.3. The van der Waals surface area contributed by atoms with Crippen molar-refractivity contribution < 1.29 is 27.5 Å². The van der Waals surface area contributed by atoms with Crippen molar-refractivity contribution in [1.29, 1.82) is 0 Å². The standard InChI is InChI=1S/C30H33N3O6S/c1-38-25-11-8-22(9-12-25)30(35)33-18-17-21-7-10-24(19-28(21)33)31-29(34)20-39-26-13-15-27(16-14-26)40(36,37)32-23-5-3-2-4-6-23/h7-16,19,23,32H,2-6,17-18,20H2,1H3,(H,31,34). The van der Waals surface area contributed by atoms with Crippen LogP contribution in [0.4, 0.5) is 11.4 Å². The van der Waals surface area contributed by atoms with E-state index in [-0.39, 0.29) is 29.4 Å². The molecule has 1 aliphatic heterocycles. The van der Waals surface area contributed by atoms with Crippen molar-refractivity contribution >= 4 is 33.2 Å². The van der Waals surface area contributed by atoms with E-state index in [0.717, 1.165) is 49.8 Å². The van der Waals surface area contributed by atoms with Crippen molar-refractivity contribution in [2.75, 3.05) is 30.5 Å². The maximum atomic E-state index is 13.1. The monoisotopic (exact) mass is 563 g/mol. The summed E-state index contributed by atoms with van der Waals surface area (Å²) in [5, 5.41) is 2.81. The van der Waals surface area contributed by atoms with Crippen LogP contribution in [-0.2, 0) is 21.2 Å². The van der Waals surface area contributed by atoms with Crippen LogP contribution in [0.25, 0.3) is 0 Å². The van der Waals surface area contributed by atoms with Crippen molar-refractivity contribution in [3.8, 4) is 11.5 Å². The lowest BCUT2D eigenvalue weighted by atomic mass is 9.96. The van der Waals surface area contributed by atoms with E-state index in [9.17, 15) is 18.0 Å². The molecule has 10 heteroatoms. The number of anilines is 2. The number of carbonyl (C=O) groups is 2. The molecule has 0 atom stereocenters. The van der Waals surface area contributed by atoms with Gasteiger partial charge in [-0.25, -0.2) is 13.1 Å². The SMILES string of the molecule is COc1ccc(C(=O)N2CCc3ccc(NC(=O)COc4ccc(S(=O)(=O)NC5CCCCC5)cc4)cc32)cc1. The van der Waals surface area contributed by atoms with Gasteiger partial charge in [0.25, 0.3) is 11.8 Å². The summed E-state index contributed by atoms with van der Waals surface area (Å²) in [7, 11) is -2.03. The molecule has 1 fully saturated rings. The van der Waals surface area contributed by atoms with Crippen LogP contribution in [0.15, 0.2) is 71.6 Å². The highest BCUT2D eigenvalue weighted by molar-refractivity contribution is 7.89. The number of hydrogen-bond donors (Lipinski definition) is 2. The summed E-state index contributed by atoms with van der Waals surface area (Å²) < 4.78 is 38.9. The number of amides is 2. The highest BCUT2D eigenvalue weighted by atomic mass is 32.2. The molecule has 1 heterocycles. The Kier molecular flexibility index (Phi) is 8.37. The molecular weight excluding hydrogens is 530 g/mol. The van der Waals surface area contributed by atoms with Gasteiger partial charge in [-0.2, -0.15) is 0 Å². The molecule has 9 nitrogen and oxygen atoms in total. The van der Waals surface area contributed by atoms with Gasteiger partial charge in [0.1, 0.15) is 11.5 Å². The van der Waals surface area contributed by atoms with E-state index in [2.05, 4.69) is 10.0 Å². The van der Waals surface area contributed by atoms with Gasteiger partial charge in [0.2, 0.25) is 10.0 Å². The van der Waals surface area contributed by atoms with Crippen LogP contribution in [0.2, 0.25) is 0 Å². The minimum Gasteiger partial charge on any atom is -0.497 e. The number of carbonyl (C=O) groups excluding carboxylic acids is 2. The summed E-state index contributed by atoms with van der Waals surface area (Å²) >= 11 is 0. The number of nitrogens with zero attached hydrogens (tertiary/aromatic N) is 1. The predicted molar refractivity (Wildman–Crippen MR) is 153 cm³/mol.